The number of benzene rings is 2. The molecule has 1 N–H and O–H groups in total. The predicted octanol–water partition coefficient (Wildman–Crippen LogP) is 4.48. The van der Waals surface area contributed by atoms with E-state index in [1.807, 2.05) is 13.0 Å². The van der Waals surface area contributed by atoms with E-state index >= 15 is 0 Å². The number of carbonyl (C=O) groups is 1. The number of carbonyl (C=O) groups excluding carboxylic acids is 1. The molecule has 1 atom stereocenters. The molecule has 1 heterocycles. The highest BCUT2D eigenvalue weighted by atomic mass is 35.5. The summed E-state index contributed by atoms with van der Waals surface area (Å²) in [6, 6.07) is 12.1. The van der Waals surface area contributed by atoms with Crippen molar-refractivity contribution < 1.29 is 13.2 Å². The van der Waals surface area contributed by atoms with Crippen LogP contribution in [0.3, 0.4) is 0 Å². The van der Waals surface area contributed by atoms with Gasteiger partial charge >= 0.3 is 0 Å². The van der Waals surface area contributed by atoms with Crippen LogP contribution in [-0.4, -0.2) is 31.7 Å². The summed E-state index contributed by atoms with van der Waals surface area (Å²) in [5.74, 6) is -0.718. The summed E-state index contributed by atoms with van der Waals surface area (Å²) in [6.07, 6.45) is 1.29. The molecule has 0 unspecified atom stereocenters. The number of amides is 1. The molecule has 28 heavy (non-hydrogen) atoms. The van der Waals surface area contributed by atoms with E-state index in [9.17, 15) is 13.2 Å². The Bertz CT molecular complexity index is 979. The molecule has 0 aliphatic carbocycles. The molecule has 8 heteroatoms. The van der Waals surface area contributed by atoms with Crippen LogP contribution in [0.1, 0.15) is 24.0 Å². The number of piperidine rings is 1. The van der Waals surface area contributed by atoms with Crippen molar-refractivity contribution in [2.45, 2.75) is 25.5 Å². The third kappa shape index (κ3) is 5.26. The molecule has 1 aliphatic rings. The van der Waals surface area contributed by atoms with E-state index in [2.05, 4.69) is 5.32 Å². The average molecular weight is 441 g/mol. The zero-order valence-corrected chi connectivity index (χ0v) is 17.8. The van der Waals surface area contributed by atoms with Gasteiger partial charge < -0.3 is 5.32 Å². The quantitative estimate of drug-likeness (QED) is 0.744. The Labute approximate surface area is 175 Å². The SMILES string of the molecule is Cc1ccc(Cl)cc1NC(=O)[C@H]1CCCN(S(=O)(=O)Cc2cccc(Cl)c2)C1. The molecule has 1 fully saturated rings. The van der Waals surface area contributed by atoms with Crippen molar-refractivity contribution in [3.05, 3.63) is 63.6 Å². The fraction of sp³-hybridized carbons (Fsp3) is 0.350. The van der Waals surface area contributed by atoms with E-state index < -0.39 is 15.9 Å². The van der Waals surface area contributed by atoms with E-state index in [0.717, 1.165) is 5.56 Å². The van der Waals surface area contributed by atoms with Gasteiger partial charge in [-0.2, -0.15) is 0 Å². The van der Waals surface area contributed by atoms with E-state index in [1.54, 1.807) is 36.4 Å². The molecule has 5 nitrogen and oxygen atoms in total. The highest BCUT2D eigenvalue weighted by Gasteiger charge is 2.32. The predicted molar refractivity (Wildman–Crippen MR) is 113 cm³/mol. The third-order valence-electron chi connectivity index (χ3n) is 4.84. The second-order valence-electron chi connectivity index (χ2n) is 7.03. The van der Waals surface area contributed by atoms with Crippen LogP contribution in [-0.2, 0) is 20.6 Å². The van der Waals surface area contributed by atoms with Crippen LogP contribution in [0, 0.1) is 12.8 Å². The lowest BCUT2D eigenvalue weighted by atomic mass is 9.98. The minimum atomic E-state index is -3.53. The molecule has 0 spiro atoms. The molecule has 1 aliphatic heterocycles. The normalized spacial score (nSPS) is 18.0. The maximum atomic E-state index is 12.8. The summed E-state index contributed by atoms with van der Waals surface area (Å²) >= 11 is 12.0. The Balaban J connectivity index is 1.69. The molecule has 150 valence electrons. The summed E-state index contributed by atoms with van der Waals surface area (Å²) in [5, 5.41) is 3.93. The summed E-state index contributed by atoms with van der Waals surface area (Å²) < 4.78 is 27.1. The van der Waals surface area contributed by atoms with Gasteiger partial charge in [-0.25, -0.2) is 12.7 Å². The topological polar surface area (TPSA) is 66.5 Å². The Morgan fingerprint density at radius 3 is 2.68 bits per heavy atom. The van der Waals surface area contributed by atoms with Crippen molar-refractivity contribution in [2.75, 3.05) is 18.4 Å². The Morgan fingerprint density at radius 2 is 1.93 bits per heavy atom. The fourth-order valence-electron chi connectivity index (χ4n) is 3.30. The van der Waals surface area contributed by atoms with Crippen molar-refractivity contribution in [1.82, 2.24) is 4.31 Å². The minimum absolute atomic E-state index is 0.130. The van der Waals surface area contributed by atoms with Gasteiger partial charge in [-0.05, 0) is 55.2 Å². The average Bonchev–Trinajstić information content (AvgIpc) is 2.64. The first-order chi connectivity index (χ1) is 13.2. The van der Waals surface area contributed by atoms with Crippen molar-refractivity contribution in [2.24, 2.45) is 5.92 Å². The minimum Gasteiger partial charge on any atom is -0.326 e. The Morgan fingerprint density at radius 1 is 1.18 bits per heavy atom. The van der Waals surface area contributed by atoms with Gasteiger partial charge in [-0.15, -0.1) is 0 Å². The number of nitrogens with zero attached hydrogens (tertiary/aromatic N) is 1. The van der Waals surface area contributed by atoms with Crippen molar-refractivity contribution >= 4 is 44.8 Å². The maximum Gasteiger partial charge on any atom is 0.228 e. The van der Waals surface area contributed by atoms with Crippen molar-refractivity contribution in [3.63, 3.8) is 0 Å². The zero-order valence-electron chi connectivity index (χ0n) is 15.5. The van der Waals surface area contributed by atoms with Crippen LogP contribution in [0.2, 0.25) is 10.0 Å². The molecule has 2 aromatic carbocycles. The van der Waals surface area contributed by atoms with Gasteiger partial charge in [0.25, 0.3) is 0 Å². The monoisotopic (exact) mass is 440 g/mol. The standard InChI is InChI=1S/C20H22Cl2N2O3S/c1-14-7-8-18(22)11-19(14)23-20(25)16-5-3-9-24(12-16)28(26,27)13-15-4-2-6-17(21)10-15/h2,4,6-8,10-11,16H,3,5,9,12-13H2,1H3,(H,23,25)/t16-/m0/s1. The van der Waals surface area contributed by atoms with Crippen molar-refractivity contribution in [3.8, 4) is 0 Å². The Kier molecular flexibility index (Phi) is 6.65. The second kappa shape index (κ2) is 8.82. The number of hydrogen-bond acceptors (Lipinski definition) is 3. The van der Waals surface area contributed by atoms with Crippen LogP contribution >= 0.6 is 23.2 Å². The first kappa shape index (κ1) is 21.1. The summed E-state index contributed by atoms with van der Waals surface area (Å²) in [7, 11) is -3.53. The molecule has 0 aromatic heterocycles. The van der Waals surface area contributed by atoms with Gasteiger partial charge in [-0.3, -0.25) is 4.79 Å². The molecule has 0 radical (unpaired) electrons. The number of anilines is 1. The smallest absolute Gasteiger partial charge is 0.228 e. The largest absolute Gasteiger partial charge is 0.326 e. The number of rotatable bonds is 5. The molecule has 2 aromatic rings. The second-order valence-corrected chi connectivity index (χ2v) is 9.87. The molecule has 1 amide bonds. The number of nitrogens with one attached hydrogen (secondary N) is 1. The van der Waals surface area contributed by atoms with E-state index in [-0.39, 0.29) is 18.2 Å². The lowest BCUT2D eigenvalue weighted by Crippen LogP contribution is -2.44. The van der Waals surface area contributed by atoms with E-state index in [0.29, 0.717) is 40.7 Å². The summed E-state index contributed by atoms with van der Waals surface area (Å²) in [5.41, 5.74) is 2.18. The highest BCUT2D eigenvalue weighted by Crippen LogP contribution is 2.25. The lowest BCUT2D eigenvalue weighted by molar-refractivity contribution is -0.120. The van der Waals surface area contributed by atoms with Crippen LogP contribution in [0.25, 0.3) is 0 Å². The van der Waals surface area contributed by atoms with Gasteiger partial charge in [0.2, 0.25) is 15.9 Å². The maximum absolute atomic E-state index is 12.8. The van der Waals surface area contributed by atoms with Gasteiger partial charge in [-0.1, -0.05) is 41.4 Å². The highest BCUT2D eigenvalue weighted by molar-refractivity contribution is 7.88. The number of aryl methyl sites for hydroxylation is 1. The Hall–Kier alpha value is -1.60. The van der Waals surface area contributed by atoms with Crippen LogP contribution < -0.4 is 5.32 Å². The van der Waals surface area contributed by atoms with E-state index in [1.165, 1.54) is 4.31 Å². The van der Waals surface area contributed by atoms with E-state index in [4.69, 9.17) is 23.2 Å². The molecular formula is C20H22Cl2N2O3S. The lowest BCUT2D eigenvalue weighted by Gasteiger charge is -2.31. The molecule has 0 bridgehead atoms. The van der Waals surface area contributed by atoms with Crippen LogP contribution in [0.4, 0.5) is 5.69 Å². The van der Waals surface area contributed by atoms with Crippen LogP contribution in [0.5, 0.6) is 0 Å². The first-order valence-electron chi connectivity index (χ1n) is 9.04. The molecule has 0 saturated carbocycles. The van der Waals surface area contributed by atoms with Gasteiger partial charge in [0, 0.05) is 28.8 Å². The zero-order chi connectivity index (χ0) is 20.3. The number of halogens is 2. The van der Waals surface area contributed by atoms with Gasteiger partial charge in [0.05, 0.1) is 11.7 Å². The van der Waals surface area contributed by atoms with Crippen LogP contribution in [0.15, 0.2) is 42.5 Å². The first-order valence-corrected chi connectivity index (χ1v) is 11.4. The summed E-state index contributed by atoms with van der Waals surface area (Å²) in [6.45, 7) is 2.48. The fourth-order valence-corrected chi connectivity index (χ4v) is 5.28. The molecule has 3 rings (SSSR count). The molecular weight excluding hydrogens is 419 g/mol. The number of hydrogen-bond donors (Lipinski definition) is 1. The van der Waals surface area contributed by atoms with Crippen molar-refractivity contribution in [1.29, 1.82) is 0 Å². The summed E-state index contributed by atoms with van der Waals surface area (Å²) in [4.78, 5) is 12.7. The third-order valence-corrected chi connectivity index (χ3v) is 7.13. The van der Waals surface area contributed by atoms with Gasteiger partial charge in [0.15, 0.2) is 0 Å². The molecule has 1 saturated heterocycles. The van der Waals surface area contributed by atoms with Gasteiger partial charge in [0.1, 0.15) is 0 Å². The number of sulfonamides is 1.